The van der Waals surface area contributed by atoms with Crippen LogP contribution in [0.4, 0.5) is 4.39 Å². The van der Waals surface area contributed by atoms with E-state index >= 15 is 0 Å². The summed E-state index contributed by atoms with van der Waals surface area (Å²) in [5.41, 5.74) is 3.03. The molecule has 0 N–H and O–H groups in total. The maximum Gasteiger partial charge on any atom is 0.261 e. The number of ether oxygens (including phenoxy) is 1. The van der Waals surface area contributed by atoms with Crippen molar-refractivity contribution in [1.29, 1.82) is 0 Å². The average Bonchev–Trinajstić information content (AvgIpc) is 3.11. The summed E-state index contributed by atoms with van der Waals surface area (Å²) in [5.74, 6) is 0.0994. The Kier molecular flexibility index (Phi) is 4.19. The zero-order valence-corrected chi connectivity index (χ0v) is 14.1. The molecular formula is C19H15FN2O2S. The summed E-state index contributed by atoms with van der Waals surface area (Å²) in [4.78, 5) is 18.6. The molecule has 6 heteroatoms. The fourth-order valence-electron chi connectivity index (χ4n) is 2.78. The maximum atomic E-state index is 13.9. The van der Waals surface area contributed by atoms with Gasteiger partial charge in [0.25, 0.3) is 5.91 Å². The van der Waals surface area contributed by atoms with Gasteiger partial charge >= 0.3 is 0 Å². The molecule has 4 rings (SSSR count). The van der Waals surface area contributed by atoms with Gasteiger partial charge in [-0.3, -0.25) is 4.79 Å². The van der Waals surface area contributed by atoms with Gasteiger partial charge in [0, 0.05) is 23.1 Å². The molecule has 0 saturated heterocycles. The number of thiophene rings is 1. The van der Waals surface area contributed by atoms with Crippen molar-refractivity contribution in [3.05, 3.63) is 70.3 Å². The van der Waals surface area contributed by atoms with Crippen molar-refractivity contribution in [3.8, 4) is 17.0 Å². The van der Waals surface area contributed by atoms with Crippen molar-refractivity contribution in [1.82, 2.24) is 9.88 Å². The van der Waals surface area contributed by atoms with Gasteiger partial charge in [0.1, 0.15) is 17.3 Å². The first kappa shape index (κ1) is 15.8. The minimum absolute atomic E-state index is 0.0685. The molecule has 0 saturated carbocycles. The second kappa shape index (κ2) is 6.64. The lowest BCUT2D eigenvalue weighted by atomic mass is 10.1. The van der Waals surface area contributed by atoms with Gasteiger partial charge in [-0.1, -0.05) is 18.2 Å². The van der Waals surface area contributed by atoms with E-state index in [2.05, 4.69) is 4.98 Å². The van der Waals surface area contributed by atoms with Gasteiger partial charge in [-0.25, -0.2) is 9.37 Å². The predicted molar refractivity (Wildman–Crippen MR) is 93.7 cm³/mol. The van der Waals surface area contributed by atoms with E-state index in [1.165, 1.54) is 6.07 Å². The molecule has 3 aromatic rings. The molecule has 2 aromatic heterocycles. The summed E-state index contributed by atoms with van der Waals surface area (Å²) in [7, 11) is 0. The summed E-state index contributed by atoms with van der Waals surface area (Å²) in [6, 6.07) is 12.2. The largest absolute Gasteiger partial charge is 0.482 e. The number of halogens is 1. The second-order valence-corrected chi connectivity index (χ2v) is 6.56. The third kappa shape index (κ3) is 3.25. The molecule has 126 valence electrons. The topological polar surface area (TPSA) is 42.4 Å². The summed E-state index contributed by atoms with van der Waals surface area (Å²) in [6.45, 7) is 0.417. The summed E-state index contributed by atoms with van der Waals surface area (Å²) < 4.78 is 19.5. The molecule has 0 fully saturated rings. The quantitative estimate of drug-likeness (QED) is 0.717. The average molecular weight is 354 g/mol. The third-order valence-electron chi connectivity index (χ3n) is 4.11. The van der Waals surface area contributed by atoms with Gasteiger partial charge in [-0.15, -0.1) is 0 Å². The first-order chi connectivity index (χ1) is 12.2. The Balaban J connectivity index is 1.64. The van der Waals surface area contributed by atoms with E-state index in [-0.39, 0.29) is 24.9 Å². The van der Waals surface area contributed by atoms with Crippen molar-refractivity contribution >= 4 is 17.2 Å². The van der Waals surface area contributed by atoms with Crippen molar-refractivity contribution in [2.75, 3.05) is 6.61 Å². The van der Waals surface area contributed by atoms with Gasteiger partial charge in [0.15, 0.2) is 6.61 Å². The standard InChI is InChI=1S/C19H15FN2O2S/c20-15-4-2-1-3-13(15)9-22-10-17-18(24-11-19(22)23)6-5-16(21-17)14-7-8-25-12-14/h1-8,12H,9-11H2. The fraction of sp³-hybridized carbons (Fsp3) is 0.158. The molecule has 1 amide bonds. The molecule has 1 aliphatic heterocycles. The van der Waals surface area contributed by atoms with Gasteiger partial charge in [0.2, 0.25) is 0 Å². The van der Waals surface area contributed by atoms with E-state index in [0.717, 1.165) is 11.3 Å². The Hall–Kier alpha value is -2.73. The molecule has 1 aliphatic rings. The van der Waals surface area contributed by atoms with E-state index in [1.807, 2.05) is 29.0 Å². The molecule has 0 unspecified atom stereocenters. The number of aromatic nitrogens is 1. The molecule has 1 aromatic carbocycles. The van der Waals surface area contributed by atoms with E-state index in [4.69, 9.17) is 4.74 Å². The molecule has 0 atom stereocenters. The zero-order valence-electron chi connectivity index (χ0n) is 13.3. The van der Waals surface area contributed by atoms with Crippen LogP contribution in [-0.2, 0) is 17.9 Å². The van der Waals surface area contributed by atoms with Crippen LogP contribution >= 0.6 is 11.3 Å². The molecule has 0 bridgehead atoms. The minimum Gasteiger partial charge on any atom is -0.482 e. The first-order valence-corrected chi connectivity index (χ1v) is 8.81. The highest BCUT2D eigenvalue weighted by Crippen LogP contribution is 2.28. The van der Waals surface area contributed by atoms with Gasteiger partial charge in [-0.05, 0) is 29.6 Å². The van der Waals surface area contributed by atoms with Crippen molar-refractivity contribution < 1.29 is 13.9 Å². The van der Waals surface area contributed by atoms with Crippen LogP contribution in [0.2, 0.25) is 0 Å². The summed E-state index contributed by atoms with van der Waals surface area (Å²) >= 11 is 1.60. The number of hydrogen-bond donors (Lipinski definition) is 0. The highest BCUT2D eigenvalue weighted by atomic mass is 32.1. The normalized spacial score (nSPS) is 14.0. The van der Waals surface area contributed by atoms with E-state index in [9.17, 15) is 9.18 Å². The third-order valence-corrected chi connectivity index (χ3v) is 4.80. The highest BCUT2D eigenvalue weighted by Gasteiger charge is 2.24. The van der Waals surface area contributed by atoms with Crippen LogP contribution in [-0.4, -0.2) is 22.4 Å². The van der Waals surface area contributed by atoms with Crippen molar-refractivity contribution in [3.63, 3.8) is 0 Å². The molecule has 0 radical (unpaired) electrons. The Morgan fingerprint density at radius 1 is 1.20 bits per heavy atom. The lowest BCUT2D eigenvalue weighted by molar-refractivity contribution is -0.133. The second-order valence-electron chi connectivity index (χ2n) is 5.78. The molecule has 25 heavy (non-hydrogen) atoms. The molecule has 0 aliphatic carbocycles. The number of carbonyl (C=O) groups is 1. The molecule has 4 nitrogen and oxygen atoms in total. The van der Waals surface area contributed by atoms with Gasteiger partial charge < -0.3 is 9.64 Å². The summed E-state index contributed by atoms with van der Waals surface area (Å²) in [6.07, 6.45) is 0. The number of nitrogens with zero attached hydrogens (tertiary/aromatic N) is 2. The SMILES string of the molecule is O=C1COc2ccc(-c3ccsc3)nc2CN1Cc1ccccc1F. The summed E-state index contributed by atoms with van der Waals surface area (Å²) in [5, 5.41) is 4.02. The van der Waals surface area contributed by atoms with Gasteiger partial charge in [0.05, 0.1) is 12.2 Å². The molecular weight excluding hydrogens is 339 g/mol. The monoisotopic (exact) mass is 354 g/mol. The minimum atomic E-state index is -0.319. The number of hydrogen-bond acceptors (Lipinski definition) is 4. The first-order valence-electron chi connectivity index (χ1n) is 7.87. The van der Waals surface area contributed by atoms with Crippen molar-refractivity contribution in [2.45, 2.75) is 13.1 Å². The lowest BCUT2D eigenvalue weighted by Gasteiger charge is -2.20. The smallest absolute Gasteiger partial charge is 0.261 e. The molecule has 3 heterocycles. The highest BCUT2D eigenvalue weighted by molar-refractivity contribution is 7.08. The zero-order chi connectivity index (χ0) is 17.2. The van der Waals surface area contributed by atoms with Crippen LogP contribution in [0, 0.1) is 5.82 Å². The van der Waals surface area contributed by atoms with E-state index < -0.39 is 0 Å². The number of rotatable bonds is 3. The lowest BCUT2D eigenvalue weighted by Crippen LogP contribution is -2.32. The Labute approximate surface area is 148 Å². The van der Waals surface area contributed by atoms with Gasteiger partial charge in [-0.2, -0.15) is 11.3 Å². The Bertz CT molecular complexity index is 912. The van der Waals surface area contributed by atoms with Crippen LogP contribution in [0.5, 0.6) is 5.75 Å². The fourth-order valence-corrected chi connectivity index (χ4v) is 3.43. The number of carbonyl (C=O) groups excluding carboxylic acids is 1. The van der Waals surface area contributed by atoms with Crippen LogP contribution in [0.3, 0.4) is 0 Å². The number of fused-ring (bicyclic) bond motifs is 1. The van der Waals surface area contributed by atoms with E-state index in [1.54, 1.807) is 34.4 Å². The van der Waals surface area contributed by atoms with Crippen LogP contribution < -0.4 is 4.74 Å². The van der Waals surface area contributed by atoms with Crippen LogP contribution in [0.1, 0.15) is 11.3 Å². The predicted octanol–water partition coefficient (Wildman–Crippen LogP) is 3.87. The number of pyridine rings is 1. The Morgan fingerprint density at radius 2 is 2.08 bits per heavy atom. The van der Waals surface area contributed by atoms with Crippen LogP contribution in [0.25, 0.3) is 11.3 Å². The number of amides is 1. The van der Waals surface area contributed by atoms with Crippen molar-refractivity contribution in [2.24, 2.45) is 0 Å². The maximum absolute atomic E-state index is 13.9. The Morgan fingerprint density at radius 3 is 2.88 bits per heavy atom. The molecule has 0 spiro atoms. The van der Waals surface area contributed by atoms with E-state index in [0.29, 0.717) is 23.6 Å². The number of benzene rings is 1. The van der Waals surface area contributed by atoms with Crippen LogP contribution in [0.15, 0.2) is 53.2 Å².